The number of rotatable bonds is 1. The van der Waals surface area contributed by atoms with Gasteiger partial charge in [0.25, 0.3) is 5.97 Å². The molecule has 1 aliphatic carbocycles. The van der Waals surface area contributed by atoms with E-state index < -0.39 is 11.9 Å². The zero-order valence-electron chi connectivity index (χ0n) is 7.82. The van der Waals surface area contributed by atoms with Crippen LogP contribution in [0.5, 0.6) is 0 Å². The van der Waals surface area contributed by atoms with Crippen molar-refractivity contribution in [1.82, 2.24) is 0 Å². The Bertz CT molecular complexity index is 166. The number of hydrogen-bond acceptors (Lipinski definition) is 2. The molecule has 0 unspecified atom stereocenters. The molecule has 76 valence electrons. The van der Waals surface area contributed by atoms with Crippen LogP contribution in [0.15, 0.2) is 0 Å². The van der Waals surface area contributed by atoms with Crippen LogP contribution in [0.3, 0.4) is 0 Å². The largest absolute Gasteiger partial charge is 0.481 e. The third-order valence-electron chi connectivity index (χ3n) is 1.95. The Hall–Kier alpha value is -1.06. The highest BCUT2D eigenvalue weighted by atomic mass is 16.4. The average Bonchev–Trinajstić information content (AvgIpc) is 2.05. The van der Waals surface area contributed by atoms with Crippen molar-refractivity contribution in [3.8, 4) is 0 Å². The lowest BCUT2D eigenvalue weighted by molar-refractivity contribution is -0.142. The van der Waals surface area contributed by atoms with Crippen molar-refractivity contribution in [1.29, 1.82) is 0 Å². The minimum Gasteiger partial charge on any atom is -0.481 e. The molecule has 2 N–H and O–H groups in total. The van der Waals surface area contributed by atoms with Gasteiger partial charge in [0.1, 0.15) is 0 Å². The summed E-state index contributed by atoms with van der Waals surface area (Å²) in [5.41, 5.74) is 0. The maximum atomic E-state index is 10.4. The van der Waals surface area contributed by atoms with Crippen molar-refractivity contribution in [3.63, 3.8) is 0 Å². The third kappa shape index (κ3) is 7.31. The van der Waals surface area contributed by atoms with Gasteiger partial charge in [-0.2, -0.15) is 0 Å². The summed E-state index contributed by atoms with van der Waals surface area (Å²) >= 11 is 0. The van der Waals surface area contributed by atoms with E-state index in [1.807, 2.05) is 0 Å². The summed E-state index contributed by atoms with van der Waals surface area (Å²) in [5.74, 6) is -1.46. The van der Waals surface area contributed by atoms with Crippen molar-refractivity contribution < 1.29 is 19.8 Å². The molecule has 0 amide bonds. The topological polar surface area (TPSA) is 74.6 Å². The zero-order chi connectivity index (χ0) is 10.3. The predicted octanol–water partition coefficient (Wildman–Crippen LogP) is 1.74. The molecular weight excluding hydrogens is 172 g/mol. The fourth-order valence-corrected chi connectivity index (χ4v) is 1.35. The Kier molecular flexibility index (Phi) is 5.93. The molecule has 4 nitrogen and oxygen atoms in total. The van der Waals surface area contributed by atoms with Crippen molar-refractivity contribution in [2.45, 2.75) is 39.0 Å². The molecule has 0 spiro atoms. The van der Waals surface area contributed by atoms with Gasteiger partial charge in [-0.05, 0) is 12.8 Å². The highest BCUT2D eigenvalue weighted by Crippen LogP contribution is 2.23. The van der Waals surface area contributed by atoms with Crippen molar-refractivity contribution in [3.05, 3.63) is 0 Å². The van der Waals surface area contributed by atoms with Gasteiger partial charge < -0.3 is 10.2 Å². The summed E-state index contributed by atoms with van der Waals surface area (Å²) in [5, 5.41) is 16.0. The van der Waals surface area contributed by atoms with Gasteiger partial charge in [0.05, 0.1) is 5.92 Å². The van der Waals surface area contributed by atoms with Gasteiger partial charge in [-0.1, -0.05) is 19.3 Å². The van der Waals surface area contributed by atoms with E-state index in [-0.39, 0.29) is 5.92 Å². The van der Waals surface area contributed by atoms with Gasteiger partial charge in [0.2, 0.25) is 0 Å². The van der Waals surface area contributed by atoms with E-state index in [1.165, 1.54) is 6.42 Å². The highest BCUT2D eigenvalue weighted by Gasteiger charge is 2.19. The summed E-state index contributed by atoms with van der Waals surface area (Å²) in [7, 11) is 0. The van der Waals surface area contributed by atoms with E-state index in [2.05, 4.69) is 0 Å². The fourth-order valence-electron chi connectivity index (χ4n) is 1.35. The molecule has 1 aliphatic rings. The molecule has 0 bridgehead atoms. The molecule has 0 aromatic carbocycles. The molecule has 0 aromatic heterocycles. The Morgan fingerprint density at radius 2 is 1.46 bits per heavy atom. The lowest BCUT2D eigenvalue weighted by atomic mass is 9.90. The van der Waals surface area contributed by atoms with Crippen molar-refractivity contribution >= 4 is 11.9 Å². The minimum atomic E-state index is -0.833. The number of carboxylic acids is 2. The Morgan fingerprint density at radius 3 is 1.69 bits per heavy atom. The highest BCUT2D eigenvalue weighted by molar-refractivity contribution is 5.69. The SMILES string of the molecule is CC(=O)O.O=C(O)C1CCCCC1. The Morgan fingerprint density at radius 1 is 1.08 bits per heavy atom. The first-order valence-electron chi connectivity index (χ1n) is 4.46. The fraction of sp³-hybridized carbons (Fsp3) is 0.778. The van der Waals surface area contributed by atoms with E-state index >= 15 is 0 Å². The van der Waals surface area contributed by atoms with Crippen molar-refractivity contribution in [2.75, 3.05) is 0 Å². The molecule has 1 rings (SSSR count). The standard InChI is InChI=1S/C7H12O2.C2H4O2/c8-7(9)6-4-2-1-3-5-6;1-2(3)4/h6H,1-5H2,(H,8,9);1H3,(H,3,4). The molecule has 0 atom stereocenters. The summed E-state index contributed by atoms with van der Waals surface area (Å²) in [6, 6.07) is 0. The summed E-state index contributed by atoms with van der Waals surface area (Å²) in [6.07, 6.45) is 5.24. The van der Waals surface area contributed by atoms with E-state index in [0.29, 0.717) is 0 Å². The van der Waals surface area contributed by atoms with Gasteiger partial charge >= 0.3 is 5.97 Å². The Balaban J connectivity index is 0.000000310. The van der Waals surface area contributed by atoms with Crippen LogP contribution < -0.4 is 0 Å². The molecule has 0 aliphatic heterocycles. The van der Waals surface area contributed by atoms with Crippen LogP contribution in [0, 0.1) is 5.92 Å². The normalized spacial score (nSPS) is 17.0. The van der Waals surface area contributed by atoms with Gasteiger partial charge in [0.15, 0.2) is 0 Å². The smallest absolute Gasteiger partial charge is 0.306 e. The second kappa shape index (κ2) is 6.46. The molecule has 13 heavy (non-hydrogen) atoms. The molecular formula is C9H16O4. The number of carboxylic acid groups (broad SMARTS) is 2. The van der Waals surface area contributed by atoms with Crippen LogP contribution in [0.2, 0.25) is 0 Å². The summed E-state index contributed by atoms with van der Waals surface area (Å²) in [4.78, 5) is 19.4. The minimum absolute atomic E-state index is 0.0289. The van der Waals surface area contributed by atoms with E-state index in [1.54, 1.807) is 0 Å². The monoisotopic (exact) mass is 188 g/mol. The van der Waals surface area contributed by atoms with Crippen LogP contribution in [0.4, 0.5) is 0 Å². The summed E-state index contributed by atoms with van der Waals surface area (Å²) in [6.45, 7) is 1.08. The Labute approximate surface area is 77.6 Å². The lowest BCUT2D eigenvalue weighted by Crippen LogP contribution is -2.16. The predicted molar refractivity (Wildman–Crippen MR) is 47.5 cm³/mol. The van der Waals surface area contributed by atoms with Crippen LogP contribution in [-0.2, 0) is 9.59 Å². The maximum absolute atomic E-state index is 10.4. The van der Waals surface area contributed by atoms with Gasteiger partial charge in [0, 0.05) is 6.92 Å². The average molecular weight is 188 g/mol. The molecule has 1 fully saturated rings. The lowest BCUT2D eigenvalue weighted by Gasteiger charge is -2.16. The van der Waals surface area contributed by atoms with Crippen LogP contribution in [0.1, 0.15) is 39.0 Å². The van der Waals surface area contributed by atoms with E-state index in [0.717, 1.165) is 32.6 Å². The maximum Gasteiger partial charge on any atom is 0.306 e. The molecule has 4 heteroatoms. The van der Waals surface area contributed by atoms with E-state index in [9.17, 15) is 4.79 Å². The van der Waals surface area contributed by atoms with E-state index in [4.69, 9.17) is 15.0 Å². The molecule has 0 radical (unpaired) electrons. The third-order valence-corrected chi connectivity index (χ3v) is 1.95. The second-order valence-electron chi connectivity index (χ2n) is 3.19. The number of carbonyl (C=O) groups is 2. The van der Waals surface area contributed by atoms with Gasteiger partial charge in [-0.3, -0.25) is 9.59 Å². The number of hydrogen-bond donors (Lipinski definition) is 2. The zero-order valence-corrected chi connectivity index (χ0v) is 7.82. The van der Waals surface area contributed by atoms with Gasteiger partial charge in [-0.15, -0.1) is 0 Å². The van der Waals surface area contributed by atoms with Gasteiger partial charge in [-0.25, -0.2) is 0 Å². The first kappa shape index (κ1) is 11.9. The second-order valence-corrected chi connectivity index (χ2v) is 3.19. The first-order valence-corrected chi connectivity index (χ1v) is 4.46. The quantitative estimate of drug-likeness (QED) is 0.657. The van der Waals surface area contributed by atoms with Crippen molar-refractivity contribution in [2.24, 2.45) is 5.92 Å². The van der Waals surface area contributed by atoms with Crippen LogP contribution in [-0.4, -0.2) is 22.2 Å². The number of aliphatic carboxylic acids is 2. The molecule has 0 aromatic rings. The molecule has 0 saturated heterocycles. The summed E-state index contributed by atoms with van der Waals surface area (Å²) < 4.78 is 0. The molecule has 0 heterocycles. The van der Waals surface area contributed by atoms with Crippen LogP contribution >= 0.6 is 0 Å². The first-order chi connectivity index (χ1) is 6.04. The molecule has 1 saturated carbocycles. The van der Waals surface area contributed by atoms with Crippen LogP contribution in [0.25, 0.3) is 0 Å².